The summed E-state index contributed by atoms with van der Waals surface area (Å²) in [5.41, 5.74) is 5.20. The van der Waals surface area contributed by atoms with Gasteiger partial charge in [0.05, 0.1) is 0 Å². The molecule has 6 heteroatoms. The zero-order chi connectivity index (χ0) is 9.83. The summed E-state index contributed by atoms with van der Waals surface area (Å²) in [4.78, 5) is 0. The lowest BCUT2D eigenvalue weighted by atomic mass is 10.4. The molecule has 0 amide bonds. The van der Waals surface area contributed by atoms with Gasteiger partial charge in [-0.05, 0) is 13.8 Å². The Hall–Kier alpha value is -0.240. The van der Waals surface area contributed by atoms with E-state index in [-0.39, 0.29) is 13.2 Å². The number of rotatable bonds is 5. The number of hydrogen-bond donors (Lipinski definition) is 4. The monoisotopic (exact) mass is 181 g/mol. The van der Waals surface area contributed by atoms with Crippen LogP contribution >= 0.6 is 0 Å². The van der Waals surface area contributed by atoms with E-state index in [2.05, 4.69) is 9.47 Å². The van der Waals surface area contributed by atoms with Gasteiger partial charge in [-0.3, -0.25) is 5.73 Å². The molecular weight excluding hydrogens is 166 g/mol. The molecule has 6 nitrogen and oxygen atoms in total. The number of nitrogens with two attached hydrogens (primary N) is 1. The first-order chi connectivity index (χ1) is 5.37. The zero-order valence-corrected chi connectivity index (χ0v) is 7.15. The van der Waals surface area contributed by atoms with Crippen molar-refractivity contribution in [1.29, 1.82) is 0 Å². The Labute approximate surface area is 70.5 Å². The summed E-state index contributed by atoms with van der Waals surface area (Å²) in [7, 11) is 0. The first-order valence-corrected chi connectivity index (χ1v) is 3.61. The molecule has 0 aliphatic heterocycles. The van der Waals surface area contributed by atoms with Crippen molar-refractivity contribution in [2.45, 2.75) is 25.7 Å². The van der Waals surface area contributed by atoms with E-state index in [0.717, 1.165) is 0 Å². The lowest BCUT2D eigenvalue weighted by Gasteiger charge is -2.34. The Morgan fingerprint density at radius 1 is 1.08 bits per heavy atom. The summed E-state index contributed by atoms with van der Waals surface area (Å²) in [6, 6.07) is 0. The molecule has 74 valence electrons. The highest BCUT2D eigenvalue weighted by molar-refractivity contribution is 4.69. The van der Waals surface area contributed by atoms with Crippen LogP contribution in [0.5, 0.6) is 0 Å². The maximum Gasteiger partial charge on any atom is 0.349 e. The van der Waals surface area contributed by atoms with E-state index in [1.54, 1.807) is 13.8 Å². The van der Waals surface area contributed by atoms with Crippen LogP contribution < -0.4 is 5.73 Å². The van der Waals surface area contributed by atoms with Crippen LogP contribution in [-0.2, 0) is 9.47 Å². The van der Waals surface area contributed by atoms with Crippen LogP contribution in [0.15, 0.2) is 0 Å². The van der Waals surface area contributed by atoms with Gasteiger partial charge in [-0.1, -0.05) is 0 Å². The first-order valence-electron chi connectivity index (χ1n) is 3.61. The molecule has 0 unspecified atom stereocenters. The molecule has 0 spiro atoms. The Morgan fingerprint density at radius 2 is 1.42 bits per heavy atom. The third-order valence-corrected chi connectivity index (χ3v) is 1.19. The van der Waals surface area contributed by atoms with Crippen LogP contribution in [0.2, 0.25) is 0 Å². The Morgan fingerprint density at radius 3 is 1.58 bits per heavy atom. The van der Waals surface area contributed by atoms with Crippen LogP contribution in [0.25, 0.3) is 0 Å². The summed E-state index contributed by atoms with van der Waals surface area (Å²) >= 11 is 0. The summed E-state index contributed by atoms with van der Waals surface area (Å²) in [5.74, 6) is -5.50. The van der Waals surface area contributed by atoms with E-state index in [1.165, 1.54) is 0 Å². The predicted octanol–water partition coefficient (Wildman–Crippen LogP) is -1.70. The highest BCUT2D eigenvalue weighted by Crippen LogP contribution is 2.17. The largest absolute Gasteiger partial charge is 0.349 e. The second kappa shape index (κ2) is 4.13. The average molecular weight is 181 g/mol. The molecule has 0 aliphatic carbocycles. The minimum Gasteiger partial charge on any atom is -0.338 e. The molecular formula is C6H15NO5. The van der Waals surface area contributed by atoms with Crippen molar-refractivity contribution in [2.75, 3.05) is 13.2 Å². The minimum absolute atomic E-state index is 0.0833. The van der Waals surface area contributed by atoms with E-state index in [1.807, 2.05) is 0 Å². The molecule has 0 rings (SSSR count). The van der Waals surface area contributed by atoms with Gasteiger partial charge >= 0.3 is 11.9 Å². The van der Waals surface area contributed by atoms with Gasteiger partial charge in [0.2, 0.25) is 0 Å². The SMILES string of the molecule is CCOC(N)(OCC)C(O)(O)O. The highest BCUT2D eigenvalue weighted by Gasteiger charge is 2.48. The van der Waals surface area contributed by atoms with Crippen LogP contribution in [0.4, 0.5) is 0 Å². The maximum atomic E-state index is 8.74. The van der Waals surface area contributed by atoms with Gasteiger partial charge in [0.1, 0.15) is 0 Å². The third-order valence-electron chi connectivity index (χ3n) is 1.19. The quantitative estimate of drug-likeness (QED) is 0.377. The van der Waals surface area contributed by atoms with Crippen molar-refractivity contribution in [3.8, 4) is 0 Å². The zero-order valence-electron chi connectivity index (χ0n) is 7.15. The molecule has 0 atom stereocenters. The lowest BCUT2D eigenvalue weighted by Crippen LogP contribution is -2.64. The van der Waals surface area contributed by atoms with Gasteiger partial charge in [-0.25, -0.2) is 0 Å². The number of aliphatic hydroxyl groups is 3. The Kier molecular flexibility index (Phi) is 4.04. The molecule has 0 aliphatic rings. The van der Waals surface area contributed by atoms with E-state index >= 15 is 0 Å². The smallest absolute Gasteiger partial charge is 0.338 e. The summed E-state index contributed by atoms with van der Waals surface area (Å²) in [6.07, 6.45) is 0. The topological polar surface area (TPSA) is 105 Å². The molecule has 12 heavy (non-hydrogen) atoms. The number of ether oxygens (including phenoxy) is 2. The fourth-order valence-corrected chi connectivity index (χ4v) is 0.664. The minimum atomic E-state index is -3.21. The van der Waals surface area contributed by atoms with Crippen LogP contribution in [0.1, 0.15) is 13.8 Å². The molecule has 0 saturated heterocycles. The standard InChI is InChI=1S/C6H15NO5/c1-3-11-5(7,12-4-2)6(8,9)10/h8-10H,3-4,7H2,1-2H3. The molecule has 5 N–H and O–H groups in total. The van der Waals surface area contributed by atoms with Crippen LogP contribution in [-0.4, -0.2) is 40.4 Å². The summed E-state index contributed by atoms with van der Waals surface area (Å²) < 4.78 is 9.28. The fraction of sp³-hybridized carbons (Fsp3) is 1.00. The van der Waals surface area contributed by atoms with E-state index in [4.69, 9.17) is 21.1 Å². The van der Waals surface area contributed by atoms with Crippen molar-refractivity contribution < 1.29 is 24.8 Å². The third kappa shape index (κ3) is 2.67. The van der Waals surface area contributed by atoms with Crippen LogP contribution in [0.3, 0.4) is 0 Å². The molecule has 0 aromatic heterocycles. The highest BCUT2D eigenvalue weighted by atomic mass is 16.8. The van der Waals surface area contributed by atoms with E-state index in [9.17, 15) is 0 Å². The second-order valence-corrected chi connectivity index (χ2v) is 2.17. The van der Waals surface area contributed by atoms with E-state index < -0.39 is 11.9 Å². The van der Waals surface area contributed by atoms with Crippen LogP contribution in [0, 0.1) is 0 Å². The van der Waals surface area contributed by atoms with Crippen molar-refractivity contribution in [3.63, 3.8) is 0 Å². The molecule has 0 aromatic carbocycles. The molecule has 0 aromatic rings. The van der Waals surface area contributed by atoms with Gasteiger partial charge in [0, 0.05) is 13.2 Å². The Bertz CT molecular complexity index is 126. The molecule has 0 bridgehead atoms. The molecule has 0 fully saturated rings. The normalized spacial score (nSPS) is 13.5. The van der Waals surface area contributed by atoms with Crippen molar-refractivity contribution in [1.82, 2.24) is 0 Å². The Balaban J connectivity index is 4.38. The van der Waals surface area contributed by atoms with Crippen molar-refractivity contribution in [2.24, 2.45) is 5.73 Å². The first kappa shape index (κ1) is 11.8. The lowest BCUT2D eigenvalue weighted by molar-refractivity contribution is -0.461. The van der Waals surface area contributed by atoms with Crippen molar-refractivity contribution in [3.05, 3.63) is 0 Å². The second-order valence-electron chi connectivity index (χ2n) is 2.17. The average Bonchev–Trinajstić information content (AvgIpc) is 1.86. The summed E-state index contributed by atoms with van der Waals surface area (Å²) in [6.45, 7) is 3.32. The van der Waals surface area contributed by atoms with Gasteiger partial charge in [0.25, 0.3) is 0 Å². The molecule has 0 heterocycles. The molecule has 0 radical (unpaired) electrons. The van der Waals surface area contributed by atoms with Gasteiger partial charge in [0.15, 0.2) is 0 Å². The van der Waals surface area contributed by atoms with Gasteiger partial charge < -0.3 is 24.8 Å². The fourth-order valence-electron chi connectivity index (χ4n) is 0.664. The van der Waals surface area contributed by atoms with E-state index in [0.29, 0.717) is 0 Å². The maximum absolute atomic E-state index is 8.74. The molecule has 0 saturated carbocycles. The predicted molar refractivity (Wildman–Crippen MR) is 39.6 cm³/mol. The van der Waals surface area contributed by atoms with Gasteiger partial charge in [-0.2, -0.15) is 0 Å². The number of hydrogen-bond acceptors (Lipinski definition) is 6. The summed E-state index contributed by atoms with van der Waals surface area (Å²) in [5, 5.41) is 26.2. The van der Waals surface area contributed by atoms with Crippen molar-refractivity contribution >= 4 is 0 Å². The van der Waals surface area contributed by atoms with Gasteiger partial charge in [-0.15, -0.1) is 0 Å².